The van der Waals surface area contributed by atoms with E-state index in [0.717, 1.165) is 5.69 Å². The molecule has 0 unspecified atom stereocenters. The maximum Gasteiger partial charge on any atom is 0.123 e. The van der Waals surface area contributed by atoms with Gasteiger partial charge in [-0.2, -0.15) is 5.26 Å². The molecule has 0 radical (unpaired) electrons. The van der Waals surface area contributed by atoms with Crippen LogP contribution in [0.5, 0.6) is 0 Å². The number of nitriles is 1. The largest absolute Gasteiger partial charge is 0.370 e. The highest BCUT2D eigenvalue weighted by Gasteiger charge is 2.07. The van der Waals surface area contributed by atoms with Crippen molar-refractivity contribution < 1.29 is 4.39 Å². The first-order chi connectivity index (χ1) is 8.70. The van der Waals surface area contributed by atoms with Crippen LogP contribution in [0.3, 0.4) is 0 Å². The normalized spacial score (nSPS) is 9.83. The van der Waals surface area contributed by atoms with Gasteiger partial charge in [-0.15, -0.1) is 0 Å². The average molecular weight is 240 g/mol. The first-order valence-electron chi connectivity index (χ1n) is 5.65. The maximum atomic E-state index is 13.2. The summed E-state index contributed by atoms with van der Waals surface area (Å²) >= 11 is 0. The lowest BCUT2D eigenvalue weighted by Gasteiger charge is -2.19. The second-order valence-corrected chi connectivity index (χ2v) is 4.10. The van der Waals surface area contributed by atoms with E-state index in [1.165, 1.54) is 18.2 Å². The Morgan fingerprint density at radius 3 is 2.56 bits per heavy atom. The average Bonchev–Trinajstić information content (AvgIpc) is 2.40. The highest BCUT2D eigenvalue weighted by Crippen LogP contribution is 2.17. The van der Waals surface area contributed by atoms with Crippen molar-refractivity contribution in [3.05, 3.63) is 65.5 Å². The van der Waals surface area contributed by atoms with Crippen LogP contribution in [0.2, 0.25) is 0 Å². The summed E-state index contributed by atoms with van der Waals surface area (Å²) in [6.07, 6.45) is 0. The van der Waals surface area contributed by atoms with Gasteiger partial charge >= 0.3 is 0 Å². The standard InChI is InChI=1S/C15H13FN2/c1-18(15-5-3-2-4-6-15)11-13-9-14(16)8-7-12(13)10-17/h2-9H,11H2,1H3. The number of hydrogen-bond donors (Lipinski definition) is 0. The summed E-state index contributed by atoms with van der Waals surface area (Å²) in [7, 11) is 1.92. The van der Waals surface area contributed by atoms with Gasteiger partial charge < -0.3 is 4.90 Å². The van der Waals surface area contributed by atoms with Crippen LogP contribution in [-0.4, -0.2) is 7.05 Å². The Balaban J connectivity index is 2.24. The summed E-state index contributed by atoms with van der Waals surface area (Å²) < 4.78 is 13.2. The zero-order valence-electron chi connectivity index (χ0n) is 10.1. The quantitative estimate of drug-likeness (QED) is 0.822. The summed E-state index contributed by atoms with van der Waals surface area (Å²) in [5, 5.41) is 9.00. The third kappa shape index (κ3) is 2.67. The van der Waals surface area contributed by atoms with Gasteiger partial charge in [-0.1, -0.05) is 18.2 Å². The van der Waals surface area contributed by atoms with Gasteiger partial charge in [0, 0.05) is 19.3 Å². The molecule has 0 saturated carbocycles. The first kappa shape index (κ1) is 12.1. The van der Waals surface area contributed by atoms with E-state index in [2.05, 4.69) is 6.07 Å². The van der Waals surface area contributed by atoms with Crippen LogP contribution in [0.25, 0.3) is 0 Å². The smallest absolute Gasteiger partial charge is 0.123 e. The number of anilines is 1. The van der Waals surface area contributed by atoms with Crippen molar-refractivity contribution >= 4 is 5.69 Å². The summed E-state index contributed by atoms with van der Waals surface area (Å²) in [6.45, 7) is 0.505. The molecule has 0 aromatic heterocycles. The van der Waals surface area contributed by atoms with Crippen LogP contribution in [0.1, 0.15) is 11.1 Å². The highest BCUT2D eigenvalue weighted by atomic mass is 19.1. The van der Waals surface area contributed by atoms with Gasteiger partial charge in [0.1, 0.15) is 5.82 Å². The molecule has 0 aliphatic rings. The van der Waals surface area contributed by atoms with E-state index in [4.69, 9.17) is 5.26 Å². The highest BCUT2D eigenvalue weighted by molar-refractivity contribution is 5.47. The summed E-state index contributed by atoms with van der Waals surface area (Å²) in [6, 6.07) is 16.1. The summed E-state index contributed by atoms with van der Waals surface area (Å²) in [5.74, 6) is -0.314. The molecule has 3 heteroatoms. The van der Waals surface area contributed by atoms with Crippen molar-refractivity contribution in [3.8, 4) is 6.07 Å². The third-order valence-corrected chi connectivity index (χ3v) is 2.79. The van der Waals surface area contributed by atoms with Crippen molar-refractivity contribution in [1.82, 2.24) is 0 Å². The topological polar surface area (TPSA) is 27.0 Å². The van der Waals surface area contributed by atoms with Crippen molar-refractivity contribution in [1.29, 1.82) is 5.26 Å². The second-order valence-electron chi connectivity index (χ2n) is 4.10. The Hall–Kier alpha value is -2.34. The number of hydrogen-bond acceptors (Lipinski definition) is 2. The molecule has 0 aliphatic heterocycles. The molecule has 0 heterocycles. The molecule has 2 aromatic carbocycles. The van der Waals surface area contributed by atoms with Crippen LogP contribution in [0, 0.1) is 17.1 Å². The lowest BCUT2D eigenvalue weighted by Crippen LogP contribution is -2.17. The second kappa shape index (κ2) is 5.33. The Labute approximate surface area is 106 Å². The summed E-state index contributed by atoms with van der Waals surface area (Å²) in [4.78, 5) is 1.98. The molecule has 0 spiro atoms. The number of para-hydroxylation sites is 1. The molecule has 0 atom stereocenters. The fourth-order valence-electron chi connectivity index (χ4n) is 1.83. The van der Waals surface area contributed by atoms with Crippen molar-refractivity contribution in [2.75, 3.05) is 11.9 Å². The monoisotopic (exact) mass is 240 g/mol. The molecular formula is C15H13FN2. The number of halogens is 1. The molecule has 2 nitrogen and oxygen atoms in total. The van der Waals surface area contributed by atoms with E-state index < -0.39 is 0 Å². The van der Waals surface area contributed by atoms with E-state index in [-0.39, 0.29) is 5.82 Å². The number of benzene rings is 2. The van der Waals surface area contributed by atoms with Gasteiger partial charge in [-0.3, -0.25) is 0 Å². The van der Waals surface area contributed by atoms with Gasteiger partial charge in [0.25, 0.3) is 0 Å². The molecular weight excluding hydrogens is 227 g/mol. The van der Waals surface area contributed by atoms with Crippen LogP contribution < -0.4 is 4.90 Å². The molecule has 0 fully saturated rings. The van der Waals surface area contributed by atoms with Crippen LogP contribution in [-0.2, 0) is 6.54 Å². The first-order valence-corrected chi connectivity index (χ1v) is 5.65. The van der Waals surface area contributed by atoms with Gasteiger partial charge in [-0.05, 0) is 35.9 Å². The van der Waals surface area contributed by atoms with E-state index >= 15 is 0 Å². The van der Waals surface area contributed by atoms with E-state index in [0.29, 0.717) is 17.7 Å². The van der Waals surface area contributed by atoms with E-state index in [1.54, 1.807) is 0 Å². The predicted molar refractivity (Wildman–Crippen MR) is 69.7 cm³/mol. The Morgan fingerprint density at radius 1 is 1.17 bits per heavy atom. The predicted octanol–water partition coefficient (Wildman–Crippen LogP) is 3.33. The molecule has 18 heavy (non-hydrogen) atoms. The molecule has 2 aromatic rings. The van der Waals surface area contributed by atoms with Crippen LogP contribution in [0.15, 0.2) is 48.5 Å². The van der Waals surface area contributed by atoms with E-state index in [9.17, 15) is 4.39 Å². The number of rotatable bonds is 3. The van der Waals surface area contributed by atoms with Crippen molar-refractivity contribution in [2.45, 2.75) is 6.54 Å². The number of nitrogens with zero attached hydrogens (tertiary/aromatic N) is 2. The molecule has 90 valence electrons. The lowest BCUT2D eigenvalue weighted by molar-refractivity contribution is 0.625. The molecule has 0 aliphatic carbocycles. The molecule has 2 rings (SSSR count). The van der Waals surface area contributed by atoms with Gasteiger partial charge in [-0.25, -0.2) is 4.39 Å². The molecule has 0 amide bonds. The van der Waals surface area contributed by atoms with Gasteiger partial charge in [0.15, 0.2) is 0 Å². The van der Waals surface area contributed by atoms with E-state index in [1.807, 2.05) is 42.3 Å². The van der Waals surface area contributed by atoms with Crippen molar-refractivity contribution in [2.24, 2.45) is 0 Å². The fourth-order valence-corrected chi connectivity index (χ4v) is 1.83. The van der Waals surface area contributed by atoms with Gasteiger partial charge in [0.2, 0.25) is 0 Å². The Kier molecular flexibility index (Phi) is 3.59. The minimum atomic E-state index is -0.314. The van der Waals surface area contributed by atoms with Crippen LogP contribution in [0.4, 0.5) is 10.1 Å². The molecule has 0 saturated heterocycles. The Bertz CT molecular complexity index is 573. The van der Waals surface area contributed by atoms with Crippen molar-refractivity contribution in [3.63, 3.8) is 0 Å². The SMILES string of the molecule is CN(Cc1cc(F)ccc1C#N)c1ccccc1. The van der Waals surface area contributed by atoms with Gasteiger partial charge in [0.05, 0.1) is 11.6 Å². The Morgan fingerprint density at radius 2 is 1.89 bits per heavy atom. The molecule has 0 N–H and O–H groups in total. The minimum absolute atomic E-state index is 0.314. The lowest BCUT2D eigenvalue weighted by atomic mass is 10.1. The van der Waals surface area contributed by atoms with Crippen LogP contribution >= 0.6 is 0 Å². The zero-order valence-corrected chi connectivity index (χ0v) is 10.1. The minimum Gasteiger partial charge on any atom is -0.370 e. The third-order valence-electron chi connectivity index (χ3n) is 2.79. The summed E-state index contributed by atoms with van der Waals surface area (Å²) in [5.41, 5.74) is 2.24. The fraction of sp³-hybridized carbons (Fsp3) is 0.133. The zero-order chi connectivity index (χ0) is 13.0. The molecule has 0 bridgehead atoms. The maximum absolute atomic E-state index is 13.2.